The molecule has 0 atom stereocenters. The van der Waals surface area contributed by atoms with Gasteiger partial charge >= 0.3 is 0 Å². The Bertz CT molecular complexity index is 944. The lowest BCUT2D eigenvalue weighted by atomic mass is 10.1. The molecule has 2 aromatic carbocycles. The van der Waals surface area contributed by atoms with E-state index in [1.165, 1.54) is 10.4 Å². The maximum Gasteiger partial charge on any atom is 0.248 e. The van der Waals surface area contributed by atoms with Crippen molar-refractivity contribution < 1.29 is 13.2 Å². The van der Waals surface area contributed by atoms with Crippen molar-refractivity contribution in [3.63, 3.8) is 0 Å². The van der Waals surface area contributed by atoms with Gasteiger partial charge in [0, 0.05) is 24.9 Å². The molecule has 0 heterocycles. The van der Waals surface area contributed by atoms with Crippen LogP contribution in [0.1, 0.15) is 37.5 Å². The lowest BCUT2D eigenvalue weighted by Gasteiger charge is -2.18. The molecule has 0 spiro atoms. The molecule has 0 radical (unpaired) electrons. The van der Waals surface area contributed by atoms with Crippen LogP contribution in [0.4, 0.5) is 5.69 Å². The second kappa shape index (κ2) is 9.66. The smallest absolute Gasteiger partial charge is 0.248 e. The first-order valence-corrected chi connectivity index (χ1v) is 10.9. The van der Waals surface area contributed by atoms with E-state index >= 15 is 0 Å². The molecule has 6 heteroatoms. The molecule has 0 aliphatic carbocycles. The number of carbonyl (C=O) groups is 1. The van der Waals surface area contributed by atoms with Gasteiger partial charge in [0.15, 0.2) is 0 Å². The molecule has 0 aliphatic heterocycles. The summed E-state index contributed by atoms with van der Waals surface area (Å²) in [6, 6.07) is 12.5. The molecule has 0 aliphatic rings. The first-order chi connectivity index (χ1) is 13.3. The summed E-state index contributed by atoms with van der Waals surface area (Å²) in [6.07, 6.45) is 3.97. The van der Waals surface area contributed by atoms with E-state index in [2.05, 4.69) is 5.32 Å². The Hall–Kier alpha value is -2.44. The number of rotatable bonds is 8. The van der Waals surface area contributed by atoms with Crippen LogP contribution < -0.4 is 5.32 Å². The molecular formula is C22H28N2O3S. The second-order valence-corrected chi connectivity index (χ2v) is 8.38. The molecule has 1 amide bonds. The number of sulfonamides is 1. The number of nitrogens with one attached hydrogen (secondary N) is 1. The molecule has 2 aromatic rings. The van der Waals surface area contributed by atoms with Gasteiger partial charge in [-0.2, -0.15) is 4.31 Å². The Morgan fingerprint density at radius 3 is 2.25 bits per heavy atom. The zero-order valence-electron chi connectivity index (χ0n) is 16.9. The maximum absolute atomic E-state index is 12.5. The Balaban J connectivity index is 2.12. The molecule has 150 valence electrons. The number of benzene rings is 2. The van der Waals surface area contributed by atoms with Crippen molar-refractivity contribution in [3.05, 3.63) is 65.2 Å². The van der Waals surface area contributed by atoms with Crippen LogP contribution >= 0.6 is 0 Å². The van der Waals surface area contributed by atoms with Crippen molar-refractivity contribution in [2.24, 2.45) is 0 Å². The van der Waals surface area contributed by atoms with E-state index in [4.69, 9.17) is 0 Å². The molecule has 2 rings (SSSR count). The van der Waals surface area contributed by atoms with E-state index < -0.39 is 10.0 Å². The summed E-state index contributed by atoms with van der Waals surface area (Å²) >= 11 is 0. The van der Waals surface area contributed by atoms with Gasteiger partial charge in [-0.05, 0) is 48.2 Å². The molecule has 5 nitrogen and oxygen atoms in total. The molecule has 0 aromatic heterocycles. The lowest BCUT2D eigenvalue weighted by molar-refractivity contribution is -0.111. The van der Waals surface area contributed by atoms with Gasteiger partial charge < -0.3 is 5.32 Å². The molecule has 0 fully saturated rings. The minimum Gasteiger partial charge on any atom is -0.322 e. The Kier molecular flexibility index (Phi) is 7.54. The summed E-state index contributed by atoms with van der Waals surface area (Å²) in [5, 5.41) is 2.94. The Morgan fingerprint density at radius 2 is 1.68 bits per heavy atom. The number of amides is 1. The van der Waals surface area contributed by atoms with Crippen molar-refractivity contribution in [2.75, 3.05) is 18.4 Å². The van der Waals surface area contributed by atoms with Crippen molar-refractivity contribution in [3.8, 4) is 0 Å². The average molecular weight is 401 g/mol. The van der Waals surface area contributed by atoms with Crippen molar-refractivity contribution in [1.29, 1.82) is 0 Å². The zero-order valence-corrected chi connectivity index (χ0v) is 17.7. The van der Waals surface area contributed by atoms with Crippen LogP contribution in [-0.2, 0) is 21.2 Å². The standard InChI is InChI=1S/C22H28N2O3S/c1-5-19-10-8-9-17(4)22(19)23-21(25)16-13-18-11-14-20(15-12-18)28(26,27)24(6-2)7-3/h8-16H,5-7H2,1-4H3,(H,23,25). The first-order valence-electron chi connectivity index (χ1n) is 9.51. The van der Waals surface area contributed by atoms with Gasteiger partial charge in [0.05, 0.1) is 4.90 Å². The first kappa shape index (κ1) is 21.9. The number of anilines is 1. The third-order valence-electron chi connectivity index (χ3n) is 4.64. The molecule has 28 heavy (non-hydrogen) atoms. The van der Waals surface area contributed by atoms with Gasteiger partial charge in [-0.3, -0.25) is 4.79 Å². The van der Waals surface area contributed by atoms with E-state index in [-0.39, 0.29) is 10.8 Å². The van der Waals surface area contributed by atoms with Crippen molar-refractivity contribution in [1.82, 2.24) is 4.31 Å². The van der Waals surface area contributed by atoms with Crippen LogP contribution in [0.5, 0.6) is 0 Å². The topological polar surface area (TPSA) is 66.5 Å². The molecule has 0 saturated heterocycles. The molecule has 0 saturated carbocycles. The normalized spacial score (nSPS) is 11.9. The predicted octanol–water partition coefficient (Wildman–Crippen LogP) is 4.24. The number of hydrogen-bond acceptors (Lipinski definition) is 3. The highest BCUT2D eigenvalue weighted by molar-refractivity contribution is 7.89. The van der Waals surface area contributed by atoms with Gasteiger partial charge in [-0.15, -0.1) is 0 Å². The highest BCUT2D eigenvalue weighted by Crippen LogP contribution is 2.21. The van der Waals surface area contributed by atoms with Gasteiger partial charge in [0.2, 0.25) is 15.9 Å². The SMILES string of the molecule is CCc1cccc(C)c1NC(=O)C=Cc1ccc(S(=O)(=O)N(CC)CC)cc1. The van der Waals surface area contributed by atoms with Crippen molar-refractivity contribution >= 4 is 27.7 Å². The fourth-order valence-corrected chi connectivity index (χ4v) is 4.46. The highest BCUT2D eigenvalue weighted by atomic mass is 32.2. The minimum atomic E-state index is -3.47. The molecule has 1 N–H and O–H groups in total. The lowest BCUT2D eigenvalue weighted by Crippen LogP contribution is -2.30. The number of aryl methyl sites for hydroxylation is 2. The highest BCUT2D eigenvalue weighted by Gasteiger charge is 2.20. The molecular weight excluding hydrogens is 372 g/mol. The van der Waals surface area contributed by atoms with Crippen LogP contribution in [0.25, 0.3) is 6.08 Å². The summed E-state index contributed by atoms with van der Waals surface area (Å²) in [6.45, 7) is 8.50. The maximum atomic E-state index is 12.5. The monoisotopic (exact) mass is 400 g/mol. The van der Waals surface area contributed by atoms with Gasteiger partial charge in [0.1, 0.15) is 0 Å². The van der Waals surface area contributed by atoms with Gasteiger partial charge in [-0.1, -0.05) is 51.1 Å². The van der Waals surface area contributed by atoms with Crippen LogP contribution in [0.15, 0.2) is 53.4 Å². The molecule has 0 bridgehead atoms. The zero-order chi connectivity index (χ0) is 20.7. The van der Waals surface area contributed by atoms with E-state index in [1.807, 2.05) is 45.9 Å². The fourth-order valence-electron chi connectivity index (χ4n) is 3.00. The Morgan fingerprint density at radius 1 is 1.04 bits per heavy atom. The number of nitrogens with zero attached hydrogens (tertiary/aromatic N) is 1. The quantitative estimate of drug-likeness (QED) is 0.674. The van der Waals surface area contributed by atoms with E-state index in [0.717, 1.165) is 28.8 Å². The fraction of sp³-hybridized carbons (Fsp3) is 0.318. The van der Waals surface area contributed by atoms with E-state index in [9.17, 15) is 13.2 Å². The average Bonchev–Trinajstić information content (AvgIpc) is 2.69. The van der Waals surface area contributed by atoms with Crippen LogP contribution in [-0.4, -0.2) is 31.7 Å². The second-order valence-electron chi connectivity index (χ2n) is 6.44. The summed E-state index contributed by atoms with van der Waals surface area (Å²) in [5.74, 6) is -0.219. The van der Waals surface area contributed by atoms with Crippen molar-refractivity contribution in [2.45, 2.75) is 39.0 Å². The van der Waals surface area contributed by atoms with E-state index in [0.29, 0.717) is 13.1 Å². The van der Waals surface area contributed by atoms with Crippen LogP contribution in [0.2, 0.25) is 0 Å². The summed E-state index contributed by atoms with van der Waals surface area (Å²) < 4.78 is 26.4. The summed E-state index contributed by atoms with van der Waals surface area (Å²) in [4.78, 5) is 12.6. The number of para-hydroxylation sites is 1. The van der Waals surface area contributed by atoms with Gasteiger partial charge in [0.25, 0.3) is 0 Å². The van der Waals surface area contributed by atoms with E-state index in [1.54, 1.807) is 30.3 Å². The largest absolute Gasteiger partial charge is 0.322 e. The van der Waals surface area contributed by atoms with Gasteiger partial charge in [-0.25, -0.2) is 8.42 Å². The third-order valence-corrected chi connectivity index (χ3v) is 6.70. The summed E-state index contributed by atoms with van der Waals surface area (Å²) in [5.41, 5.74) is 3.72. The minimum absolute atomic E-state index is 0.219. The number of carbonyl (C=O) groups excluding carboxylic acids is 1. The van der Waals surface area contributed by atoms with Crippen LogP contribution in [0.3, 0.4) is 0 Å². The predicted molar refractivity (Wildman–Crippen MR) is 115 cm³/mol. The molecule has 0 unspecified atom stereocenters. The number of hydrogen-bond donors (Lipinski definition) is 1. The summed E-state index contributed by atoms with van der Waals surface area (Å²) in [7, 11) is -3.47. The third kappa shape index (κ3) is 5.09. The Labute approximate surface area is 168 Å². The van der Waals surface area contributed by atoms with Crippen LogP contribution in [0, 0.1) is 6.92 Å².